The number of halogens is 1. The number of benzene rings is 1. The topological polar surface area (TPSA) is 84.8 Å². The van der Waals surface area contributed by atoms with Crippen LogP contribution in [0.2, 0.25) is 5.02 Å². The van der Waals surface area contributed by atoms with E-state index in [9.17, 15) is 13.2 Å². The van der Waals surface area contributed by atoms with Gasteiger partial charge in [0.1, 0.15) is 9.90 Å². The van der Waals surface area contributed by atoms with Crippen LogP contribution in [0.3, 0.4) is 0 Å². The quantitative estimate of drug-likeness (QED) is 0.686. The van der Waals surface area contributed by atoms with Gasteiger partial charge in [-0.1, -0.05) is 11.6 Å². The molecule has 1 aliphatic heterocycles. The normalized spacial score (nSPS) is 15.1. The van der Waals surface area contributed by atoms with Crippen molar-refractivity contribution in [3.8, 4) is 0 Å². The number of sulfonamides is 1. The monoisotopic (exact) mass is 444 g/mol. The van der Waals surface area contributed by atoms with Gasteiger partial charge in [0.15, 0.2) is 5.17 Å². The lowest BCUT2D eigenvalue weighted by molar-refractivity contribution is 0.0527. The summed E-state index contributed by atoms with van der Waals surface area (Å²) in [5.74, 6) is -0.454. The third-order valence-electron chi connectivity index (χ3n) is 4.00. The molecule has 0 radical (unpaired) electrons. The first-order valence-electron chi connectivity index (χ1n) is 8.01. The van der Waals surface area contributed by atoms with Gasteiger partial charge in [0, 0.05) is 14.8 Å². The largest absolute Gasteiger partial charge is 0.462 e. The number of thiophene rings is 1. The van der Waals surface area contributed by atoms with E-state index in [1.165, 1.54) is 17.4 Å². The Kier molecular flexibility index (Phi) is 5.58. The molecule has 1 aromatic carbocycles. The Bertz CT molecular complexity index is 1070. The van der Waals surface area contributed by atoms with E-state index in [2.05, 4.69) is 9.71 Å². The van der Waals surface area contributed by atoms with E-state index in [-0.39, 0.29) is 16.7 Å². The van der Waals surface area contributed by atoms with Crippen molar-refractivity contribution in [3.05, 3.63) is 38.7 Å². The molecule has 0 amide bonds. The fourth-order valence-electron chi connectivity index (χ4n) is 2.51. The van der Waals surface area contributed by atoms with Crippen LogP contribution in [0, 0.1) is 20.8 Å². The summed E-state index contributed by atoms with van der Waals surface area (Å²) in [5.41, 5.74) is 1.86. The predicted molar refractivity (Wildman–Crippen MR) is 110 cm³/mol. The molecule has 10 heteroatoms. The van der Waals surface area contributed by atoms with Crippen LogP contribution in [0.5, 0.6) is 0 Å². The SMILES string of the molecule is CCOC(=O)c1c(NC2=NS(=O)(=O)c3cc(C)c(Cl)cc3S2)sc(C)c1C. The third kappa shape index (κ3) is 3.87. The molecule has 27 heavy (non-hydrogen) atoms. The van der Waals surface area contributed by atoms with Crippen LogP contribution in [0.1, 0.15) is 33.3 Å². The van der Waals surface area contributed by atoms with Gasteiger partial charge in [0.05, 0.1) is 12.2 Å². The molecule has 0 atom stereocenters. The summed E-state index contributed by atoms with van der Waals surface area (Å²) in [6.45, 7) is 7.44. The summed E-state index contributed by atoms with van der Waals surface area (Å²) < 4.78 is 34.1. The Hall–Kier alpha value is -1.55. The molecule has 1 aromatic heterocycles. The van der Waals surface area contributed by atoms with E-state index in [0.717, 1.165) is 22.2 Å². The van der Waals surface area contributed by atoms with Crippen LogP contribution in [-0.2, 0) is 14.8 Å². The van der Waals surface area contributed by atoms with Crippen molar-refractivity contribution in [2.45, 2.75) is 37.5 Å². The van der Waals surface area contributed by atoms with E-state index in [1.807, 2.05) is 13.8 Å². The number of carbonyl (C=O) groups is 1. The minimum atomic E-state index is -3.86. The highest BCUT2D eigenvalue weighted by Gasteiger charge is 2.29. The molecular formula is C17H17ClN2O4S3. The Morgan fingerprint density at radius 2 is 2.00 bits per heavy atom. The molecule has 0 saturated heterocycles. The lowest BCUT2D eigenvalue weighted by Gasteiger charge is -2.17. The summed E-state index contributed by atoms with van der Waals surface area (Å²) in [6.07, 6.45) is 0. The first-order chi connectivity index (χ1) is 12.6. The molecule has 0 aliphatic carbocycles. The number of fused-ring (bicyclic) bond motifs is 1. The highest BCUT2D eigenvalue weighted by molar-refractivity contribution is 8.15. The summed E-state index contributed by atoms with van der Waals surface area (Å²) in [4.78, 5) is 13.9. The minimum Gasteiger partial charge on any atom is -0.462 e. The van der Waals surface area contributed by atoms with Gasteiger partial charge in [0.25, 0.3) is 10.0 Å². The fourth-order valence-corrected chi connectivity index (χ4v) is 6.43. The zero-order valence-corrected chi connectivity index (χ0v) is 18.3. The molecule has 0 fully saturated rings. The van der Waals surface area contributed by atoms with Crippen LogP contribution in [0.15, 0.2) is 26.3 Å². The maximum absolute atomic E-state index is 12.6. The molecule has 3 rings (SSSR count). The van der Waals surface area contributed by atoms with Crippen molar-refractivity contribution in [1.82, 2.24) is 0 Å². The second-order valence-electron chi connectivity index (χ2n) is 5.85. The maximum atomic E-state index is 12.6. The number of aryl methyl sites for hydroxylation is 2. The van der Waals surface area contributed by atoms with Crippen molar-refractivity contribution in [1.29, 1.82) is 0 Å². The average Bonchev–Trinajstić information content (AvgIpc) is 2.83. The number of nitrogens with one attached hydrogen (secondary N) is 1. The molecule has 1 aliphatic rings. The van der Waals surface area contributed by atoms with Gasteiger partial charge in [-0.25, -0.2) is 4.79 Å². The van der Waals surface area contributed by atoms with Crippen molar-refractivity contribution >= 4 is 60.9 Å². The highest BCUT2D eigenvalue weighted by Crippen LogP contribution is 2.39. The maximum Gasteiger partial charge on any atom is 0.341 e. The van der Waals surface area contributed by atoms with Crippen molar-refractivity contribution < 1.29 is 17.9 Å². The molecule has 0 saturated carbocycles. The van der Waals surface area contributed by atoms with E-state index >= 15 is 0 Å². The Morgan fingerprint density at radius 3 is 2.67 bits per heavy atom. The van der Waals surface area contributed by atoms with Gasteiger partial charge in [-0.05, 0) is 62.7 Å². The zero-order valence-electron chi connectivity index (χ0n) is 15.0. The Labute approximate surface area is 171 Å². The molecule has 1 N–H and O–H groups in total. The summed E-state index contributed by atoms with van der Waals surface area (Å²) >= 11 is 8.65. The van der Waals surface area contributed by atoms with E-state index in [1.54, 1.807) is 19.9 Å². The number of rotatable bonds is 3. The van der Waals surface area contributed by atoms with Crippen molar-refractivity contribution in [2.75, 3.05) is 11.9 Å². The van der Waals surface area contributed by atoms with Gasteiger partial charge in [-0.2, -0.15) is 8.42 Å². The van der Waals surface area contributed by atoms with E-state index in [0.29, 0.717) is 26.0 Å². The molecule has 0 spiro atoms. The van der Waals surface area contributed by atoms with Gasteiger partial charge in [0.2, 0.25) is 0 Å². The van der Waals surface area contributed by atoms with Gasteiger partial charge in [-0.3, -0.25) is 0 Å². The lowest BCUT2D eigenvalue weighted by Crippen LogP contribution is -2.17. The smallest absolute Gasteiger partial charge is 0.341 e. The predicted octanol–water partition coefficient (Wildman–Crippen LogP) is 4.77. The van der Waals surface area contributed by atoms with Gasteiger partial charge < -0.3 is 10.1 Å². The molecular weight excluding hydrogens is 428 g/mol. The Morgan fingerprint density at radius 1 is 1.30 bits per heavy atom. The van der Waals surface area contributed by atoms with Crippen molar-refractivity contribution in [2.24, 2.45) is 4.40 Å². The molecule has 2 aromatic rings. The number of thioether (sulfide) groups is 1. The van der Waals surface area contributed by atoms with Gasteiger partial charge in [-0.15, -0.1) is 15.7 Å². The van der Waals surface area contributed by atoms with Gasteiger partial charge >= 0.3 is 5.97 Å². The van der Waals surface area contributed by atoms with Crippen LogP contribution in [0.25, 0.3) is 0 Å². The summed E-state index contributed by atoms with van der Waals surface area (Å²) in [7, 11) is -3.86. The number of anilines is 1. The summed E-state index contributed by atoms with van der Waals surface area (Å²) in [5, 5.41) is 4.14. The van der Waals surface area contributed by atoms with E-state index in [4.69, 9.17) is 16.3 Å². The highest BCUT2D eigenvalue weighted by atomic mass is 35.5. The molecule has 0 bridgehead atoms. The number of carbonyl (C=O) groups excluding carboxylic acids is 1. The standard InChI is InChI=1S/C17H17ClN2O4S3/c1-5-24-16(21)14-9(3)10(4)25-15(14)19-17-20-27(22,23)13-6-8(2)11(18)7-12(13)26-17/h6-7H,5H2,1-4H3,(H,19,20). The fraction of sp³-hybridized carbons (Fsp3) is 0.294. The van der Waals surface area contributed by atoms with E-state index < -0.39 is 16.0 Å². The van der Waals surface area contributed by atoms with Crippen LogP contribution >= 0.6 is 34.7 Å². The third-order valence-corrected chi connectivity index (χ3v) is 8.03. The summed E-state index contributed by atoms with van der Waals surface area (Å²) in [6, 6.07) is 3.13. The number of amidine groups is 1. The van der Waals surface area contributed by atoms with Crippen molar-refractivity contribution in [3.63, 3.8) is 0 Å². The number of hydrogen-bond acceptors (Lipinski definition) is 7. The second-order valence-corrected chi connectivity index (χ2v) is 10.1. The first-order valence-corrected chi connectivity index (χ1v) is 11.5. The van der Waals surface area contributed by atoms with Crippen LogP contribution < -0.4 is 5.32 Å². The number of esters is 1. The molecule has 6 nitrogen and oxygen atoms in total. The molecule has 0 unspecified atom stereocenters. The lowest BCUT2D eigenvalue weighted by atomic mass is 10.1. The first kappa shape index (κ1) is 20.2. The zero-order chi connectivity index (χ0) is 19.9. The van der Waals surface area contributed by atoms with Crippen LogP contribution in [-0.4, -0.2) is 26.2 Å². The minimum absolute atomic E-state index is 0.129. The number of hydrogen-bond donors (Lipinski definition) is 1. The Balaban J connectivity index is 2.01. The number of ether oxygens (including phenoxy) is 1. The molecule has 2 heterocycles. The van der Waals surface area contributed by atoms with Crippen LogP contribution in [0.4, 0.5) is 5.00 Å². The second kappa shape index (κ2) is 7.46. The number of nitrogens with zero attached hydrogens (tertiary/aromatic N) is 1. The molecule has 144 valence electrons. The average molecular weight is 445 g/mol.